The Morgan fingerprint density at radius 3 is 2.61 bits per heavy atom. The Bertz CT molecular complexity index is 441. The van der Waals surface area contributed by atoms with E-state index in [9.17, 15) is 4.79 Å². The van der Waals surface area contributed by atoms with Gasteiger partial charge in [-0.05, 0) is 29.9 Å². The van der Waals surface area contributed by atoms with Crippen LogP contribution < -0.4 is 0 Å². The molecular weight excluding hydrogens is 228 g/mol. The fraction of sp³-hybridized carbons (Fsp3) is 0.571. The number of pyridine rings is 1. The highest BCUT2D eigenvalue weighted by Gasteiger charge is 2.44. The van der Waals surface area contributed by atoms with Crippen molar-refractivity contribution in [2.45, 2.75) is 32.2 Å². The molecule has 2 fully saturated rings. The molecule has 2 heterocycles. The Morgan fingerprint density at radius 2 is 2.06 bits per heavy atom. The summed E-state index contributed by atoms with van der Waals surface area (Å²) in [6.45, 7) is 3.30. The second kappa shape index (κ2) is 4.35. The first-order chi connectivity index (χ1) is 8.67. The quantitative estimate of drug-likeness (QED) is 0.888. The molecule has 96 valence electrons. The number of likely N-dealkylation sites (tertiary alicyclic amines) is 1. The van der Waals surface area contributed by atoms with E-state index in [1.165, 1.54) is 38.8 Å². The molecule has 4 nitrogen and oxygen atoms in total. The Balaban J connectivity index is 1.56. The van der Waals surface area contributed by atoms with Crippen molar-refractivity contribution in [3.8, 4) is 0 Å². The molecule has 1 saturated heterocycles. The van der Waals surface area contributed by atoms with Crippen LogP contribution in [-0.4, -0.2) is 34.0 Å². The number of carboxylic acid groups (broad SMARTS) is 1. The molecule has 4 heteroatoms. The second-order valence-corrected chi connectivity index (χ2v) is 5.71. The number of hydrogen-bond donors (Lipinski definition) is 1. The maximum Gasteiger partial charge on any atom is 0.354 e. The number of carboxylic acids is 1. The van der Waals surface area contributed by atoms with Crippen molar-refractivity contribution < 1.29 is 9.90 Å². The lowest BCUT2D eigenvalue weighted by Gasteiger charge is -2.48. The molecule has 0 radical (unpaired) electrons. The third kappa shape index (κ3) is 2.12. The van der Waals surface area contributed by atoms with Crippen molar-refractivity contribution in [3.63, 3.8) is 0 Å². The molecule has 0 atom stereocenters. The van der Waals surface area contributed by atoms with Gasteiger partial charge in [0.2, 0.25) is 0 Å². The molecule has 1 saturated carbocycles. The van der Waals surface area contributed by atoms with Crippen LogP contribution in [0.4, 0.5) is 0 Å². The number of aromatic carboxylic acids is 1. The van der Waals surface area contributed by atoms with Gasteiger partial charge in [-0.15, -0.1) is 0 Å². The van der Waals surface area contributed by atoms with Gasteiger partial charge < -0.3 is 5.11 Å². The van der Waals surface area contributed by atoms with Crippen LogP contribution >= 0.6 is 0 Å². The summed E-state index contributed by atoms with van der Waals surface area (Å²) in [7, 11) is 0. The predicted octanol–water partition coefficient (Wildman–Crippen LogP) is 2.16. The minimum atomic E-state index is -0.963. The Labute approximate surface area is 107 Å². The lowest BCUT2D eigenvalue weighted by Crippen LogP contribution is -2.54. The molecule has 1 aromatic rings. The summed E-state index contributed by atoms with van der Waals surface area (Å²) in [5.74, 6) is -0.963. The average Bonchev–Trinajstić information content (AvgIpc) is 2.78. The third-order valence-electron chi connectivity index (χ3n) is 4.23. The zero-order valence-electron chi connectivity index (χ0n) is 10.4. The first-order valence-electron chi connectivity index (χ1n) is 6.58. The summed E-state index contributed by atoms with van der Waals surface area (Å²) >= 11 is 0. The molecule has 1 aliphatic heterocycles. The van der Waals surface area contributed by atoms with E-state index < -0.39 is 5.97 Å². The van der Waals surface area contributed by atoms with Crippen LogP contribution in [0.25, 0.3) is 0 Å². The van der Waals surface area contributed by atoms with E-state index in [1.54, 1.807) is 12.3 Å². The highest BCUT2D eigenvalue weighted by Crippen LogP contribution is 2.45. The molecule has 1 N–H and O–H groups in total. The summed E-state index contributed by atoms with van der Waals surface area (Å²) in [6, 6.07) is 3.46. The first kappa shape index (κ1) is 11.7. The second-order valence-electron chi connectivity index (χ2n) is 5.71. The van der Waals surface area contributed by atoms with Crippen molar-refractivity contribution in [1.82, 2.24) is 9.88 Å². The van der Waals surface area contributed by atoms with Crippen molar-refractivity contribution in [2.24, 2.45) is 5.41 Å². The molecule has 0 bridgehead atoms. The SMILES string of the molecule is O=C(O)c1ccc(CN2CC3(CCCC3)C2)cn1. The van der Waals surface area contributed by atoms with Crippen molar-refractivity contribution in [3.05, 3.63) is 29.6 Å². The molecule has 18 heavy (non-hydrogen) atoms. The van der Waals surface area contributed by atoms with Crippen molar-refractivity contribution in [1.29, 1.82) is 0 Å². The average molecular weight is 246 g/mol. The molecule has 0 amide bonds. The van der Waals surface area contributed by atoms with Crippen LogP contribution in [0.5, 0.6) is 0 Å². The summed E-state index contributed by atoms with van der Waals surface area (Å²) < 4.78 is 0. The number of carbonyl (C=O) groups is 1. The van der Waals surface area contributed by atoms with Gasteiger partial charge in [0.15, 0.2) is 0 Å². The molecule has 1 aromatic heterocycles. The van der Waals surface area contributed by atoms with E-state index in [-0.39, 0.29) is 5.69 Å². The Kier molecular flexibility index (Phi) is 2.82. The smallest absolute Gasteiger partial charge is 0.354 e. The number of hydrogen-bond acceptors (Lipinski definition) is 3. The monoisotopic (exact) mass is 246 g/mol. The molecule has 0 unspecified atom stereocenters. The van der Waals surface area contributed by atoms with Gasteiger partial charge in [-0.1, -0.05) is 18.9 Å². The van der Waals surface area contributed by atoms with Crippen LogP contribution in [0.2, 0.25) is 0 Å². The van der Waals surface area contributed by atoms with E-state index >= 15 is 0 Å². The van der Waals surface area contributed by atoms with Gasteiger partial charge in [-0.25, -0.2) is 9.78 Å². The topological polar surface area (TPSA) is 53.4 Å². The van der Waals surface area contributed by atoms with Crippen molar-refractivity contribution >= 4 is 5.97 Å². The Morgan fingerprint density at radius 1 is 1.33 bits per heavy atom. The summed E-state index contributed by atoms with van der Waals surface area (Å²) in [5.41, 5.74) is 1.84. The molecule has 2 aliphatic rings. The van der Waals surface area contributed by atoms with Crippen LogP contribution in [0.1, 0.15) is 41.7 Å². The predicted molar refractivity (Wildman–Crippen MR) is 67.4 cm³/mol. The van der Waals surface area contributed by atoms with Gasteiger partial charge in [0.25, 0.3) is 0 Å². The van der Waals surface area contributed by atoms with Crippen LogP contribution in [0.3, 0.4) is 0 Å². The van der Waals surface area contributed by atoms with Crippen LogP contribution in [-0.2, 0) is 6.54 Å². The standard InChI is InChI=1S/C14H18N2O2/c17-13(18)12-4-3-11(7-15-12)8-16-9-14(10-16)5-1-2-6-14/h3-4,7H,1-2,5-6,8-10H2,(H,17,18). The highest BCUT2D eigenvalue weighted by molar-refractivity contribution is 5.85. The van der Waals surface area contributed by atoms with Crippen molar-refractivity contribution in [2.75, 3.05) is 13.1 Å². The molecular formula is C14H18N2O2. The summed E-state index contributed by atoms with van der Waals surface area (Å²) in [4.78, 5) is 17.1. The lowest BCUT2D eigenvalue weighted by molar-refractivity contribution is -0.000318. The zero-order chi connectivity index (χ0) is 12.6. The van der Waals surface area contributed by atoms with Gasteiger partial charge in [-0.2, -0.15) is 0 Å². The van der Waals surface area contributed by atoms with E-state index in [4.69, 9.17) is 5.11 Å². The van der Waals surface area contributed by atoms with Gasteiger partial charge in [0, 0.05) is 25.8 Å². The fourth-order valence-corrected chi connectivity index (χ4v) is 3.36. The number of nitrogens with zero attached hydrogens (tertiary/aromatic N) is 2. The highest BCUT2D eigenvalue weighted by atomic mass is 16.4. The van der Waals surface area contributed by atoms with Gasteiger partial charge in [0.1, 0.15) is 5.69 Å². The normalized spacial score (nSPS) is 22.0. The van der Waals surface area contributed by atoms with E-state index in [0.29, 0.717) is 5.41 Å². The molecule has 1 aliphatic carbocycles. The third-order valence-corrected chi connectivity index (χ3v) is 4.23. The maximum absolute atomic E-state index is 10.7. The van der Waals surface area contributed by atoms with Gasteiger partial charge in [-0.3, -0.25) is 4.90 Å². The first-order valence-corrected chi connectivity index (χ1v) is 6.58. The molecule has 3 rings (SSSR count). The number of aromatic nitrogens is 1. The van der Waals surface area contributed by atoms with Crippen LogP contribution in [0.15, 0.2) is 18.3 Å². The fourth-order valence-electron chi connectivity index (χ4n) is 3.36. The number of rotatable bonds is 3. The summed E-state index contributed by atoms with van der Waals surface area (Å²) in [5, 5.41) is 8.78. The van der Waals surface area contributed by atoms with E-state index in [0.717, 1.165) is 12.1 Å². The maximum atomic E-state index is 10.7. The lowest BCUT2D eigenvalue weighted by atomic mass is 9.78. The van der Waals surface area contributed by atoms with Gasteiger partial charge in [0.05, 0.1) is 0 Å². The summed E-state index contributed by atoms with van der Waals surface area (Å²) in [6.07, 6.45) is 7.24. The zero-order valence-corrected chi connectivity index (χ0v) is 10.4. The van der Waals surface area contributed by atoms with E-state index in [1.807, 2.05) is 6.07 Å². The van der Waals surface area contributed by atoms with E-state index in [2.05, 4.69) is 9.88 Å². The van der Waals surface area contributed by atoms with Gasteiger partial charge >= 0.3 is 5.97 Å². The largest absolute Gasteiger partial charge is 0.477 e. The Hall–Kier alpha value is -1.42. The minimum Gasteiger partial charge on any atom is -0.477 e. The minimum absolute atomic E-state index is 0.120. The van der Waals surface area contributed by atoms with Crippen LogP contribution in [0, 0.1) is 5.41 Å². The molecule has 0 aromatic carbocycles. The molecule has 1 spiro atoms.